The first-order valence-corrected chi connectivity index (χ1v) is 7.87. The molecule has 2 heterocycles. The first-order chi connectivity index (χ1) is 12.0. The van der Waals surface area contributed by atoms with Gasteiger partial charge < -0.3 is 19.2 Å². The minimum atomic E-state index is -0.916. The van der Waals surface area contributed by atoms with Gasteiger partial charge in [-0.1, -0.05) is 0 Å². The van der Waals surface area contributed by atoms with Crippen LogP contribution in [0, 0.1) is 4.77 Å². The molecule has 0 aliphatic carbocycles. The van der Waals surface area contributed by atoms with Crippen molar-refractivity contribution in [2.75, 3.05) is 7.11 Å². The summed E-state index contributed by atoms with van der Waals surface area (Å²) >= 11 is 5.23. The highest BCUT2D eigenvalue weighted by atomic mass is 32.1. The van der Waals surface area contributed by atoms with Gasteiger partial charge in [-0.3, -0.25) is 14.2 Å². The number of aromatic nitrogens is 3. The number of aliphatic carboxylic acids is 1. The summed E-state index contributed by atoms with van der Waals surface area (Å²) in [6.45, 7) is 0.222. The number of fused-ring (bicyclic) bond motifs is 1. The summed E-state index contributed by atoms with van der Waals surface area (Å²) in [5.41, 5.74) is 0.823. The molecule has 0 fully saturated rings. The maximum Gasteiger partial charge on any atom is 0.303 e. The van der Waals surface area contributed by atoms with Crippen LogP contribution in [-0.4, -0.2) is 32.7 Å². The highest BCUT2D eigenvalue weighted by Crippen LogP contribution is 2.32. The molecule has 0 aliphatic heterocycles. The van der Waals surface area contributed by atoms with Gasteiger partial charge in [0.1, 0.15) is 5.75 Å². The number of nitrogens with zero attached hydrogens (tertiary/aromatic N) is 2. The Morgan fingerprint density at radius 2 is 2.28 bits per heavy atom. The van der Waals surface area contributed by atoms with Crippen molar-refractivity contribution < 1.29 is 19.1 Å². The smallest absolute Gasteiger partial charge is 0.303 e. The van der Waals surface area contributed by atoms with Crippen LogP contribution in [0.4, 0.5) is 0 Å². The Bertz CT molecular complexity index is 1040. The largest absolute Gasteiger partial charge is 0.496 e. The molecule has 3 aromatic rings. The Morgan fingerprint density at radius 1 is 1.48 bits per heavy atom. The van der Waals surface area contributed by atoms with E-state index in [1.807, 2.05) is 0 Å². The second-order valence-electron chi connectivity index (χ2n) is 5.35. The molecule has 2 aromatic heterocycles. The van der Waals surface area contributed by atoms with E-state index in [2.05, 4.69) is 9.97 Å². The van der Waals surface area contributed by atoms with E-state index in [9.17, 15) is 9.59 Å². The van der Waals surface area contributed by atoms with Crippen molar-refractivity contribution >= 4 is 29.1 Å². The van der Waals surface area contributed by atoms with Gasteiger partial charge in [0.05, 0.1) is 29.8 Å². The zero-order chi connectivity index (χ0) is 18.0. The van der Waals surface area contributed by atoms with Crippen LogP contribution in [0.3, 0.4) is 0 Å². The fourth-order valence-corrected chi connectivity index (χ4v) is 2.87. The van der Waals surface area contributed by atoms with Crippen LogP contribution in [0.15, 0.2) is 33.9 Å². The zero-order valence-electron chi connectivity index (χ0n) is 13.3. The number of nitrogens with one attached hydrogen (secondary N) is 1. The second-order valence-corrected chi connectivity index (χ2v) is 5.73. The molecule has 0 spiro atoms. The van der Waals surface area contributed by atoms with Gasteiger partial charge in [-0.15, -0.1) is 0 Å². The van der Waals surface area contributed by atoms with Gasteiger partial charge in [0.25, 0.3) is 5.56 Å². The number of aromatic amines is 1. The molecule has 25 heavy (non-hydrogen) atoms. The van der Waals surface area contributed by atoms with E-state index in [-0.39, 0.29) is 23.3 Å². The van der Waals surface area contributed by atoms with Gasteiger partial charge in [0.2, 0.25) is 0 Å². The Morgan fingerprint density at radius 3 is 2.92 bits per heavy atom. The molecule has 2 N–H and O–H groups in total. The Hall–Kier alpha value is -2.94. The van der Waals surface area contributed by atoms with Crippen LogP contribution in [0.1, 0.15) is 12.8 Å². The third-order valence-corrected chi connectivity index (χ3v) is 4.09. The first kappa shape index (κ1) is 16.9. The van der Waals surface area contributed by atoms with E-state index in [0.29, 0.717) is 34.4 Å². The highest BCUT2D eigenvalue weighted by Gasteiger charge is 2.14. The molecule has 1 aromatic carbocycles. The van der Waals surface area contributed by atoms with E-state index >= 15 is 0 Å². The van der Waals surface area contributed by atoms with Crippen LogP contribution in [0.2, 0.25) is 0 Å². The summed E-state index contributed by atoms with van der Waals surface area (Å²) in [6.07, 6.45) is 3.09. The molecular formula is C16H15N3O5S. The number of H-pyrrole nitrogens is 1. The van der Waals surface area contributed by atoms with E-state index in [0.717, 1.165) is 0 Å². The number of oxazole rings is 1. The van der Waals surface area contributed by atoms with E-state index in [4.69, 9.17) is 26.5 Å². The minimum Gasteiger partial charge on any atom is -0.496 e. The van der Waals surface area contributed by atoms with Crippen molar-refractivity contribution in [1.29, 1.82) is 0 Å². The number of rotatable bonds is 6. The molecule has 0 aliphatic rings. The minimum absolute atomic E-state index is 0.0365. The third kappa shape index (κ3) is 3.31. The average molecular weight is 361 g/mol. The quantitative estimate of drug-likeness (QED) is 0.649. The summed E-state index contributed by atoms with van der Waals surface area (Å²) in [5.74, 6) is 0.0667. The average Bonchev–Trinajstić information content (AvgIpc) is 3.11. The molecule has 0 amide bonds. The lowest BCUT2D eigenvalue weighted by Gasteiger charge is -2.11. The lowest BCUT2D eigenvalue weighted by molar-refractivity contribution is -0.137. The summed E-state index contributed by atoms with van der Waals surface area (Å²) < 4.78 is 12.3. The van der Waals surface area contributed by atoms with Gasteiger partial charge in [-0.25, -0.2) is 4.98 Å². The predicted molar refractivity (Wildman–Crippen MR) is 92.3 cm³/mol. The van der Waals surface area contributed by atoms with Crippen molar-refractivity contribution in [2.24, 2.45) is 0 Å². The molecule has 9 heteroatoms. The first-order valence-electron chi connectivity index (χ1n) is 7.46. The number of hydrogen-bond acceptors (Lipinski definition) is 6. The second kappa shape index (κ2) is 6.89. The SMILES string of the molecule is COc1cc2[nH]c(=S)n(CCCC(=O)O)c(=O)c2cc1-c1cnco1. The normalized spacial score (nSPS) is 10.9. The molecule has 0 bridgehead atoms. The number of carboxylic acids is 1. The van der Waals surface area contributed by atoms with E-state index < -0.39 is 5.97 Å². The topological polar surface area (TPSA) is 110 Å². The van der Waals surface area contributed by atoms with Crippen LogP contribution < -0.4 is 10.3 Å². The van der Waals surface area contributed by atoms with Gasteiger partial charge >= 0.3 is 5.97 Å². The fraction of sp³-hybridized carbons (Fsp3) is 0.250. The van der Waals surface area contributed by atoms with Crippen molar-refractivity contribution in [3.05, 3.63) is 39.8 Å². The van der Waals surface area contributed by atoms with Crippen molar-refractivity contribution in [1.82, 2.24) is 14.5 Å². The summed E-state index contributed by atoms with van der Waals surface area (Å²) in [6, 6.07) is 3.32. The number of carbonyl (C=O) groups is 1. The Kier molecular flexibility index (Phi) is 4.66. The number of benzene rings is 1. The highest BCUT2D eigenvalue weighted by molar-refractivity contribution is 7.71. The number of hydrogen-bond donors (Lipinski definition) is 2. The molecule has 0 radical (unpaired) electrons. The van der Waals surface area contributed by atoms with Crippen molar-refractivity contribution in [2.45, 2.75) is 19.4 Å². The van der Waals surface area contributed by atoms with Crippen molar-refractivity contribution in [3.8, 4) is 17.1 Å². The number of ether oxygens (including phenoxy) is 1. The monoisotopic (exact) mass is 361 g/mol. The lowest BCUT2D eigenvalue weighted by Crippen LogP contribution is -2.22. The van der Waals surface area contributed by atoms with E-state index in [1.165, 1.54) is 24.3 Å². The van der Waals surface area contributed by atoms with Gasteiger partial charge in [0.15, 0.2) is 16.9 Å². The Balaban J connectivity index is 2.15. The molecule has 0 saturated heterocycles. The standard InChI is InChI=1S/C16H15N3O5S/c1-23-12-6-11-9(5-10(12)13-7-17-8-24-13)15(22)19(16(25)18-11)4-2-3-14(20)21/h5-8H,2-4H2,1H3,(H,18,25)(H,20,21). The molecule has 130 valence electrons. The van der Waals surface area contributed by atoms with Gasteiger partial charge in [0, 0.05) is 19.0 Å². The fourth-order valence-electron chi connectivity index (χ4n) is 2.58. The van der Waals surface area contributed by atoms with Gasteiger partial charge in [-0.2, -0.15) is 0 Å². The van der Waals surface area contributed by atoms with Crippen LogP contribution in [0.25, 0.3) is 22.2 Å². The van der Waals surface area contributed by atoms with Crippen LogP contribution in [-0.2, 0) is 11.3 Å². The maximum absolute atomic E-state index is 12.8. The molecule has 0 saturated carbocycles. The zero-order valence-corrected chi connectivity index (χ0v) is 14.1. The predicted octanol–water partition coefficient (Wildman–Crippen LogP) is 2.59. The molecule has 8 nitrogen and oxygen atoms in total. The summed E-state index contributed by atoms with van der Waals surface area (Å²) in [5, 5.41) is 9.15. The van der Waals surface area contributed by atoms with Crippen LogP contribution >= 0.6 is 12.2 Å². The Labute approximate surface area is 146 Å². The molecule has 0 unspecified atom stereocenters. The lowest BCUT2D eigenvalue weighted by atomic mass is 10.1. The number of methoxy groups -OCH3 is 1. The molecule has 0 atom stereocenters. The molecule has 3 rings (SSSR count). The third-order valence-electron chi connectivity index (χ3n) is 3.77. The van der Waals surface area contributed by atoms with Crippen LogP contribution in [0.5, 0.6) is 5.75 Å². The summed E-state index contributed by atoms with van der Waals surface area (Å²) in [4.78, 5) is 30.3. The molecular weight excluding hydrogens is 346 g/mol. The maximum atomic E-state index is 12.8. The van der Waals surface area contributed by atoms with Gasteiger partial charge in [-0.05, 0) is 24.7 Å². The van der Waals surface area contributed by atoms with Crippen molar-refractivity contribution in [3.63, 3.8) is 0 Å². The van der Waals surface area contributed by atoms with E-state index in [1.54, 1.807) is 12.1 Å². The number of carboxylic acid groups (broad SMARTS) is 1. The summed E-state index contributed by atoms with van der Waals surface area (Å²) in [7, 11) is 1.52.